The maximum atomic E-state index is 13.2. The van der Waals surface area contributed by atoms with Crippen molar-refractivity contribution in [1.82, 2.24) is 14.9 Å². The zero-order valence-electron chi connectivity index (χ0n) is 23.9. The van der Waals surface area contributed by atoms with Crippen molar-refractivity contribution in [3.05, 3.63) is 90.0 Å². The summed E-state index contributed by atoms with van der Waals surface area (Å²) in [4.78, 5) is 44.7. The van der Waals surface area contributed by atoms with E-state index in [2.05, 4.69) is 41.7 Å². The van der Waals surface area contributed by atoms with Crippen LogP contribution in [0.15, 0.2) is 73.1 Å². The Morgan fingerprint density at radius 1 is 0.927 bits per heavy atom. The van der Waals surface area contributed by atoms with Gasteiger partial charge in [0.2, 0.25) is 0 Å². The van der Waals surface area contributed by atoms with Gasteiger partial charge in [-0.15, -0.1) is 0 Å². The average molecular weight is 551 g/mol. The Bertz CT molecular complexity index is 1680. The summed E-state index contributed by atoms with van der Waals surface area (Å²) in [5, 5.41) is 10.3. The summed E-state index contributed by atoms with van der Waals surface area (Å²) in [5.74, 6) is -0.363. The van der Waals surface area contributed by atoms with E-state index in [4.69, 9.17) is 0 Å². The number of rotatable bonds is 5. The second-order valence-corrected chi connectivity index (χ2v) is 11.1. The van der Waals surface area contributed by atoms with Crippen LogP contribution in [0.5, 0.6) is 0 Å². The van der Waals surface area contributed by atoms with Crippen molar-refractivity contribution in [3.8, 4) is 0 Å². The number of nitrogens with one attached hydrogen (secondary N) is 3. The number of amides is 4. The second kappa shape index (κ2) is 10.9. The summed E-state index contributed by atoms with van der Waals surface area (Å²) in [7, 11) is 3.39. The molecule has 4 amide bonds. The van der Waals surface area contributed by atoms with Gasteiger partial charge in [-0.3, -0.25) is 14.6 Å². The van der Waals surface area contributed by atoms with Crippen LogP contribution < -0.4 is 20.9 Å². The van der Waals surface area contributed by atoms with Crippen molar-refractivity contribution in [2.24, 2.45) is 7.05 Å². The first-order chi connectivity index (χ1) is 19.6. The number of hydrogen-bond donors (Lipinski definition) is 3. The first-order valence-corrected chi connectivity index (χ1v) is 13.5. The van der Waals surface area contributed by atoms with Crippen molar-refractivity contribution in [2.45, 2.75) is 32.6 Å². The number of nitrogens with zero attached hydrogens (tertiary/aromatic N) is 3. The molecule has 0 saturated heterocycles. The lowest BCUT2D eigenvalue weighted by Crippen LogP contribution is -2.33. The highest BCUT2D eigenvalue weighted by Crippen LogP contribution is 2.35. The SMILES string of the molecule is CNC(=O)c1c(NC(=O)Nc2ccc(C3=CC(=O)N(c4ccncc4)CC3)c3ccccc23)cc(C(C)(C)C)n1C. The quantitative estimate of drug-likeness (QED) is 0.296. The Morgan fingerprint density at radius 2 is 1.61 bits per heavy atom. The van der Waals surface area contributed by atoms with E-state index in [1.54, 1.807) is 30.4 Å². The molecule has 0 bridgehead atoms. The molecule has 2 aromatic heterocycles. The third-order valence-corrected chi connectivity index (χ3v) is 7.35. The van der Waals surface area contributed by atoms with Crippen LogP contribution in [-0.2, 0) is 17.3 Å². The van der Waals surface area contributed by atoms with Crippen molar-refractivity contribution in [3.63, 3.8) is 0 Å². The summed E-state index contributed by atoms with van der Waals surface area (Å²) in [6, 6.07) is 16.6. The number of anilines is 3. The lowest BCUT2D eigenvalue weighted by atomic mass is 9.92. The summed E-state index contributed by atoms with van der Waals surface area (Å²) in [5.41, 5.74) is 4.83. The Morgan fingerprint density at radius 3 is 2.27 bits per heavy atom. The van der Waals surface area contributed by atoms with E-state index in [1.165, 1.54) is 0 Å². The van der Waals surface area contributed by atoms with Crippen molar-refractivity contribution in [2.75, 3.05) is 29.1 Å². The Hall–Kier alpha value is -4.92. The van der Waals surface area contributed by atoms with Gasteiger partial charge in [-0.05, 0) is 47.2 Å². The van der Waals surface area contributed by atoms with Crippen LogP contribution in [0, 0.1) is 0 Å². The minimum atomic E-state index is -0.459. The van der Waals surface area contributed by atoms with Crippen molar-refractivity contribution >= 4 is 51.3 Å². The van der Waals surface area contributed by atoms with Gasteiger partial charge < -0.3 is 25.4 Å². The molecule has 3 heterocycles. The maximum absolute atomic E-state index is 13.2. The Kier molecular flexibility index (Phi) is 7.36. The van der Waals surface area contributed by atoms with Crippen LogP contribution in [0.1, 0.15) is 48.9 Å². The molecule has 3 N–H and O–H groups in total. The molecule has 9 nitrogen and oxygen atoms in total. The average Bonchev–Trinajstić information content (AvgIpc) is 3.29. The fraction of sp³-hybridized carbons (Fsp3) is 0.250. The number of benzene rings is 2. The Labute approximate surface area is 239 Å². The van der Waals surface area contributed by atoms with Gasteiger partial charge in [0.1, 0.15) is 5.69 Å². The predicted molar refractivity (Wildman–Crippen MR) is 163 cm³/mol. The van der Waals surface area contributed by atoms with Crippen LogP contribution in [0.3, 0.4) is 0 Å². The molecule has 9 heteroatoms. The highest BCUT2D eigenvalue weighted by molar-refractivity contribution is 6.13. The molecule has 210 valence electrons. The molecular formula is C32H34N6O3. The molecule has 0 spiro atoms. The molecule has 1 aliphatic heterocycles. The van der Waals surface area contributed by atoms with Crippen LogP contribution in [-0.4, -0.2) is 41.0 Å². The normalized spacial score (nSPS) is 13.6. The van der Waals surface area contributed by atoms with E-state index >= 15 is 0 Å². The number of urea groups is 1. The minimum Gasteiger partial charge on any atom is -0.354 e. The minimum absolute atomic E-state index is 0.0764. The lowest BCUT2D eigenvalue weighted by Gasteiger charge is -2.27. The van der Waals surface area contributed by atoms with Gasteiger partial charge in [-0.2, -0.15) is 0 Å². The Balaban J connectivity index is 1.42. The van der Waals surface area contributed by atoms with Gasteiger partial charge in [0.25, 0.3) is 11.8 Å². The molecule has 2 aromatic carbocycles. The number of carbonyl (C=O) groups is 3. The van der Waals surface area contributed by atoms with Gasteiger partial charge in [0, 0.05) is 61.3 Å². The second-order valence-electron chi connectivity index (χ2n) is 11.1. The first kappa shape index (κ1) is 27.6. The van der Waals surface area contributed by atoms with E-state index in [-0.39, 0.29) is 17.2 Å². The molecule has 41 heavy (non-hydrogen) atoms. The molecule has 0 atom stereocenters. The van der Waals surface area contributed by atoms with E-state index in [1.807, 2.05) is 66.2 Å². The number of hydrogen-bond acceptors (Lipinski definition) is 4. The third-order valence-electron chi connectivity index (χ3n) is 7.35. The van der Waals surface area contributed by atoms with Gasteiger partial charge in [0.05, 0.1) is 11.4 Å². The van der Waals surface area contributed by atoms with E-state index in [0.717, 1.165) is 33.3 Å². The summed E-state index contributed by atoms with van der Waals surface area (Å²) in [6.45, 7) is 6.73. The highest BCUT2D eigenvalue weighted by Gasteiger charge is 2.27. The van der Waals surface area contributed by atoms with Gasteiger partial charge in [-0.1, -0.05) is 51.1 Å². The van der Waals surface area contributed by atoms with E-state index in [0.29, 0.717) is 30.0 Å². The number of pyridine rings is 1. The van der Waals surface area contributed by atoms with Gasteiger partial charge in [0.15, 0.2) is 0 Å². The smallest absolute Gasteiger partial charge is 0.323 e. The monoisotopic (exact) mass is 550 g/mol. The van der Waals surface area contributed by atoms with Gasteiger partial charge >= 0.3 is 6.03 Å². The summed E-state index contributed by atoms with van der Waals surface area (Å²) in [6.07, 6.45) is 5.74. The molecule has 0 unspecified atom stereocenters. The van der Waals surface area contributed by atoms with Crippen LogP contribution in [0.2, 0.25) is 0 Å². The van der Waals surface area contributed by atoms with Crippen LogP contribution in [0.4, 0.5) is 21.9 Å². The molecule has 1 aliphatic rings. The van der Waals surface area contributed by atoms with Crippen LogP contribution in [0.25, 0.3) is 16.3 Å². The predicted octanol–water partition coefficient (Wildman–Crippen LogP) is 5.69. The standard InChI is InChI=1S/C32H34N6O3/c1-32(2,3)27-19-26(29(37(27)5)30(40)33-4)36-31(41)35-25-11-10-22(23-8-6-7-9-24(23)25)20-14-17-38(28(39)18-20)21-12-15-34-16-13-21/h6-13,15-16,18-19H,14,17H2,1-5H3,(H,33,40)(H2,35,36,41). The molecule has 0 saturated carbocycles. The highest BCUT2D eigenvalue weighted by atomic mass is 16.2. The topological polar surface area (TPSA) is 108 Å². The molecule has 0 aliphatic carbocycles. The van der Waals surface area contributed by atoms with Crippen LogP contribution >= 0.6 is 0 Å². The third kappa shape index (κ3) is 5.43. The fourth-order valence-electron chi connectivity index (χ4n) is 5.41. The molecule has 0 fully saturated rings. The fourth-order valence-corrected chi connectivity index (χ4v) is 5.41. The van der Waals surface area contributed by atoms with E-state index < -0.39 is 6.03 Å². The number of fused-ring (bicyclic) bond motifs is 1. The maximum Gasteiger partial charge on any atom is 0.323 e. The zero-order chi connectivity index (χ0) is 29.3. The van der Waals surface area contributed by atoms with Gasteiger partial charge in [-0.25, -0.2) is 4.79 Å². The van der Waals surface area contributed by atoms with Crippen molar-refractivity contribution in [1.29, 1.82) is 0 Å². The first-order valence-electron chi connectivity index (χ1n) is 13.5. The van der Waals surface area contributed by atoms with E-state index in [9.17, 15) is 14.4 Å². The molecule has 4 aromatic rings. The summed E-state index contributed by atoms with van der Waals surface area (Å²) >= 11 is 0. The summed E-state index contributed by atoms with van der Waals surface area (Å²) < 4.78 is 1.81. The zero-order valence-corrected chi connectivity index (χ0v) is 23.9. The molecule has 0 radical (unpaired) electrons. The van der Waals surface area contributed by atoms with Crippen molar-refractivity contribution < 1.29 is 14.4 Å². The number of aromatic nitrogens is 2. The lowest BCUT2D eigenvalue weighted by molar-refractivity contribution is -0.114. The molecule has 5 rings (SSSR count). The molecular weight excluding hydrogens is 516 g/mol. The number of carbonyl (C=O) groups excluding carboxylic acids is 3. The largest absolute Gasteiger partial charge is 0.354 e.